The highest BCUT2D eigenvalue weighted by atomic mass is 19.1. The molecule has 28 heavy (non-hydrogen) atoms. The Morgan fingerprint density at radius 2 is 1.93 bits per heavy atom. The first-order valence-corrected chi connectivity index (χ1v) is 10.2. The number of ether oxygens (including phenoxy) is 1. The van der Waals surface area contributed by atoms with Crippen LogP contribution in [0.1, 0.15) is 61.4 Å². The lowest BCUT2D eigenvalue weighted by molar-refractivity contribution is 0.0767. The van der Waals surface area contributed by atoms with Crippen LogP contribution in [0.15, 0.2) is 28.8 Å². The van der Waals surface area contributed by atoms with Crippen molar-refractivity contribution in [3.8, 4) is 0 Å². The van der Waals surface area contributed by atoms with Crippen molar-refractivity contribution in [3.63, 3.8) is 0 Å². The minimum absolute atomic E-state index is 0.0449. The number of halogens is 1. The largest absolute Gasteiger partial charge is 0.423 e. The Balaban J connectivity index is 1.40. The molecule has 2 aliphatic rings. The van der Waals surface area contributed by atoms with Crippen molar-refractivity contribution >= 4 is 10.9 Å². The van der Waals surface area contributed by atoms with E-state index in [4.69, 9.17) is 9.15 Å². The summed E-state index contributed by atoms with van der Waals surface area (Å²) < 4.78 is 26.2. The van der Waals surface area contributed by atoms with Gasteiger partial charge in [0, 0.05) is 48.3 Å². The SMILES string of the molecule is Fc1ccc2[nH]ccc2c1CN1CCCCC1c1nnc(C2CCOCC2)o1. The molecule has 0 radical (unpaired) electrons. The maximum absolute atomic E-state index is 14.6. The van der Waals surface area contributed by atoms with Gasteiger partial charge >= 0.3 is 0 Å². The van der Waals surface area contributed by atoms with Crippen LogP contribution in [-0.2, 0) is 11.3 Å². The molecule has 0 amide bonds. The van der Waals surface area contributed by atoms with Gasteiger partial charge in [0.15, 0.2) is 0 Å². The number of nitrogens with one attached hydrogen (secondary N) is 1. The van der Waals surface area contributed by atoms with E-state index in [1.165, 1.54) is 0 Å². The van der Waals surface area contributed by atoms with Crippen LogP contribution in [0.3, 0.4) is 0 Å². The van der Waals surface area contributed by atoms with Gasteiger partial charge in [-0.1, -0.05) is 6.42 Å². The van der Waals surface area contributed by atoms with Crippen LogP contribution < -0.4 is 0 Å². The molecule has 2 aromatic heterocycles. The van der Waals surface area contributed by atoms with Gasteiger partial charge in [-0.3, -0.25) is 4.90 Å². The highest BCUT2D eigenvalue weighted by molar-refractivity contribution is 5.83. The lowest BCUT2D eigenvalue weighted by Gasteiger charge is -2.33. The standard InChI is InChI=1S/C21H25FN4O2/c22-17-4-5-18-15(6-9-23-18)16(17)13-26-10-2-1-3-19(26)21-25-24-20(28-21)14-7-11-27-12-8-14/h4-6,9,14,19,23H,1-3,7-8,10-13H2. The van der Waals surface area contributed by atoms with Gasteiger partial charge in [-0.15, -0.1) is 10.2 Å². The Bertz CT molecular complexity index is 947. The zero-order chi connectivity index (χ0) is 18.9. The zero-order valence-corrected chi connectivity index (χ0v) is 15.9. The van der Waals surface area contributed by atoms with Crippen LogP contribution in [0, 0.1) is 5.82 Å². The van der Waals surface area contributed by atoms with E-state index in [2.05, 4.69) is 20.1 Å². The molecule has 3 aromatic rings. The fourth-order valence-electron chi connectivity index (χ4n) is 4.48. The van der Waals surface area contributed by atoms with Gasteiger partial charge in [-0.25, -0.2) is 4.39 Å². The third-order valence-electron chi connectivity index (χ3n) is 6.08. The Hall–Kier alpha value is -2.25. The average molecular weight is 384 g/mol. The lowest BCUT2D eigenvalue weighted by atomic mass is 9.99. The molecule has 0 spiro atoms. The molecular weight excluding hydrogens is 359 g/mol. The van der Waals surface area contributed by atoms with Crippen LogP contribution in [0.4, 0.5) is 4.39 Å². The van der Waals surface area contributed by atoms with Gasteiger partial charge in [0.25, 0.3) is 0 Å². The number of hydrogen-bond acceptors (Lipinski definition) is 5. The number of hydrogen-bond donors (Lipinski definition) is 1. The monoisotopic (exact) mass is 384 g/mol. The second-order valence-electron chi connectivity index (χ2n) is 7.81. The number of H-pyrrole nitrogens is 1. The summed E-state index contributed by atoms with van der Waals surface area (Å²) in [5.74, 6) is 1.52. The van der Waals surface area contributed by atoms with E-state index in [-0.39, 0.29) is 17.8 Å². The first-order chi connectivity index (χ1) is 13.8. The van der Waals surface area contributed by atoms with Crippen LogP contribution in [0.25, 0.3) is 10.9 Å². The number of benzene rings is 1. The number of nitrogens with zero attached hydrogens (tertiary/aromatic N) is 3. The predicted octanol–water partition coefficient (Wildman–Crippen LogP) is 4.31. The van der Waals surface area contributed by atoms with Gasteiger partial charge in [-0.05, 0) is 50.4 Å². The highest BCUT2D eigenvalue weighted by Gasteiger charge is 2.31. The van der Waals surface area contributed by atoms with E-state index in [0.29, 0.717) is 12.4 Å². The second kappa shape index (κ2) is 7.64. The summed E-state index contributed by atoms with van der Waals surface area (Å²) in [7, 11) is 0. The average Bonchev–Trinajstić information content (AvgIpc) is 3.41. The summed E-state index contributed by atoms with van der Waals surface area (Å²) >= 11 is 0. The van der Waals surface area contributed by atoms with E-state index in [0.717, 1.165) is 74.2 Å². The van der Waals surface area contributed by atoms with E-state index in [1.54, 1.807) is 12.1 Å². The molecule has 6 nitrogen and oxygen atoms in total. The van der Waals surface area contributed by atoms with Gasteiger partial charge in [-0.2, -0.15) is 0 Å². The molecule has 5 rings (SSSR count). The number of aromatic amines is 1. The number of aromatic nitrogens is 3. The quantitative estimate of drug-likeness (QED) is 0.726. The van der Waals surface area contributed by atoms with E-state index < -0.39 is 0 Å². The van der Waals surface area contributed by atoms with Crippen molar-refractivity contribution in [2.24, 2.45) is 0 Å². The van der Waals surface area contributed by atoms with Gasteiger partial charge in [0.1, 0.15) is 5.82 Å². The maximum Gasteiger partial charge on any atom is 0.233 e. The van der Waals surface area contributed by atoms with E-state index in [9.17, 15) is 4.39 Å². The summed E-state index contributed by atoms with van der Waals surface area (Å²) in [5.41, 5.74) is 1.69. The van der Waals surface area contributed by atoms with Crippen molar-refractivity contribution in [2.45, 2.75) is 50.6 Å². The Morgan fingerprint density at radius 1 is 1.07 bits per heavy atom. The Kier molecular flexibility index (Phi) is 4.86. The van der Waals surface area contributed by atoms with Crippen LogP contribution >= 0.6 is 0 Å². The summed E-state index contributed by atoms with van der Waals surface area (Å²) in [5, 5.41) is 9.66. The molecule has 1 unspecified atom stereocenters. The van der Waals surface area contributed by atoms with Crippen molar-refractivity contribution in [1.82, 2.24) is 20.1 Å². The zero-order valence-electron chi connectivity index (χ0n) is 15.9. The first-order valence-electron chi connectivity index (χ1n) is 10.2. The molecule has 2 saturated heterocycles. The predicted molar refractivity (Wildman–Crippen MR) is 102 cm³/mol. The molecule has 7 heteroatoms. The Labute approximate surface area is 163 Å². The van der Waals surface area contributed by atoms with Crippen molar-refractivity contribution in [1.29, 1.82) is 0 Å². The van der Waals surface area contributed by atoms with Gasteiger partial charge in [0.05, 0.1) is 6.04 Å². The fraction of sp³-hybridized carbons (Fsp3) is 0.524. The van der Waals surface area contributed by atoms with E-state index >= 15 is 0 Å². The molecule has 1 aromatic carbocycles. The smallest absolute Gasteiger partial charge is 0.233 e. The maximum atomic E-state index is 14.6. The molecule has 2 aliphatic heterocycles. The number of likely N-dealkylation sites (tertiary alicyclic amines) is 1. The van der Waals surface area contributed by atoms with Crippen LogP contribution in [-0.4, -0.2) is 39.8 Å². The van der Waals surface area contributed by atoms with Crippen molar-refractivity contribution in [3.05, 3.63) is 47.6 Å². The first kappa shape index (κ1) is 17.8. The molecule has 148 valence electrons. The summed E-state index contributed by atoms with van der Waals surface area (Å²) in [6.45, 7) is 2.94. The third kappa shape index (κ3) is 3.33. The normalized spacial score (nSPS) is 22.1. The van der Waals surface area contributed by atoms with Crippen LogP contribution in [0.5, 0.6) is 0 Å². The molecule has 1 atom stereocenters. The molecule has 0 aliphatic carbocycles. The molecule has 4 heterocycles. The topological polar surface area (TPSA) is 67.2 Å². The molecular formula is C21H25FN4O2. The summed E-state index contributed by atoms with van der Waals surface area (Å²) in [6.07, 6.45) is 6.89. The minimum Gasteiger partial charge on any atom is -0.423 e. The minimum atomic E-state index is -0.162. The lowest BCUT2D eigenvalue weighted by Crippen LogP contribution is -2.33. The van der Waals surface area contributed by atoms with Crippen molar-refractivity contribution < 1.29 is 13.5 Å². The molecule has 0 saturated carbocycles. The van der Waals surface area contributed by atoms with E-state index in [1.807, 2.05) is 12.3 Å². The molecule has 1 N–H and O–H groups in total. The van der Waals surface area contributed by atoms with Gasteiger partial charge in [0.2, 0.25) is 11.8 Å². The molecule has 0 bridgehead atoms. The van der Waals surface area contributed by atoms with Gasteiger partial charge < -0.3 is 14.1 Å². The van der Waals surface area contributed by atoms with Crippen LogP contribution in [0.2, 0.25) is 0 Å². The number of piperidine rings is 1. The molecule has 2 fully saturated rings. The third-order valence-corrected chi connectivity index (χ3v) is 6.08. The highest BCUT2D eigenvalue weighted by Crippen LogP contribution is 2.35. The summed E-state index contributed by atoms with van der Waals surface area (Å²) in [6, 6.07) is 5.33. The Morgan fingerprint density at radius 3 is 2.82 bits per heavy atom. The second-order valence-corrected chi connectivity index (χ2v) is 7.81. The summed E-state index contributed by atoms with van der Waals surface area (Å²) in [4.78, 5) is 5.46. The number of fused-ring (bicyclic) bond motifs is 1. The number of rotatable bonds is 4. The van der Waals surface area contributed by atoms with Crippen molar-refractivity contribution in [2.75, 3.05) is 19.8 Å². The fourth-order valence-corrected chi connectivity index (χ4v) is 4.48.